The van der Waals surface area contributed by atoms with Crippen LogP contribution in [0.2, 0.25) is 0 Å². The summed E-state index contributed by atoms with van der Waals surface area (Å²) in [5.41, 5.74) is 5.12. The second kappa shape index (κ2) is 6.02. The Hall–Kier alpha value is -2.08. The van der Waals surface area contributed by atoms with Gasteiger partial charge in [0, 0.05) is 0 Å². The summed E-state index contributed by atoms with van der Waals surface area (Å²) < 4.78 is 0. The predicted octanol–water partition coefficient (Wildman–Crippen LogP) is 4.81. The van der Waals surface area contributed by atoms with Crippen molar-refractivity contribution >= 4 is 0 Å². The molecule has 0 saturated heterocycles. The van der Waals surface area contributed by atoms with Gasteiger partial charge >= 0.3 is 0 Å². The topological polar surface area (TPSA) is 0 Å². The first kappa shape index (κ1) is 12.4. The predicted molar refractivity (Wildman–Crippen MR) is 79.7 cm³/mol. The Labute approximate surface area is 109 Å². The van der Waals surface area contributed by atoms with E-state index in [2.05, 4.69) is 61.7 Å². The molecule has 0 unspecified atom stereocenters. The van der Waals surface area contributed by atoms with Crippen LogP contribution in [0.25, 0.3) is 11.1 Å². The minimum absolute atomic E-state index is 0.929. The molecule has 90 valence electrons. The zero-order valence-electron chi connectivity index (χ0n) is 10.6. The van der Waals surface area contributed by atoms with Gasteiger partial charge in [0.15, 0.2) is 0 Å². The van der Waals surface area contributed by atoms with Crippen molar-refractivity contribution in [3.63, 3.8) is 0 Å². The van der Waals surface area contributed by atoms with Gasteiger partial charge in [-0.3, -0.25) is 0 Å². The first-order valence-corrected chi connectivity index (χ1v) is 6.23. The minimum atomic E-state index is 0.929. The summed E-state index contributed by atoms with van der Waals surface area (Å²) in [6, 6.07) is 17.3. The molecule has 0 atom stereocenters. The second-order valence-corrected chi connectivity index (χ2v) is 4.38. The highest BCUT2D eigenvalue weighted by Gasteiger charge is 1.98. The van der Waals surface area contributed by atoms with Gasteiger partial charge in [0.1, 0.15) is 0 Å². The lowest BCUT2D eigenvalue weighted by molar-refractivity contribution is 1.27. The molecular weight excluding hydrogens is 216 g/mol. The summed E-state index contributed by atoms with van der Waals surface area (Å²) in [6.07, 6.45) is 5.72. The average molecular weight is 234 g/mol. The van der Waals surface area contributed by atoms with Crippen LogP contribution in [0.15, 0.2) is 73.8 Å². The van der Waals surface area contributed by atoms with Crippen LogP contribution < -0.4 is 0 Å². The molecule has 18 heavy (non-hydrogen) atoms. The maximum absolute atomic E-state index is 3.76. The molecule has 0 heterocycles. The first-order valence-electron chi connectivity index (χ1n) is 6.23. The Kier molecular flexibility index (Phi) is 4.14. The number of allylic oxidation sites excluding steroid dienone is 2. The molecule has 0 spiro atoms. The minimum Gasteiger partial charge on any atom is -0.103 e. The summed E-state index contributed by atoms with van der Waals surface area (Å²) >= 11 is 0. The van der Waals surface area contributed by atoms with Gasteiger partial charge < -0.3 is 0 Å². The standard InChI is InChI=1S/C18H18/c1-3-5-15-7-11-17(12-8-15)18-13-9-16(6-4-2)10-14-18/h3-4,7-14H,1-2,5-6H2. The van der Waals surface area contributed by atoms with E-state index in [9.17, 15) is 0 Å². The summed E-state index contributed by atoms with van der Waals surface area (Å²) in [7, 11) is 0. The van der Waals surface area contributed by atoms with Crippen LogP contribution in [0.4, 0.5) is 0 Å². The van der Waals surface area contributed by atoms with Crippen molar-refractivity contribution < 1.29 is 0 Å². The molecule has 0 aliphatic carbocycles. The van der Waals surface area contributed by atoms with Crippen LogP contribution >= 0.6 is 0 Å². The van der Waals surface area contributed by atoms with Crippen LogP contribution in [-0.4, -0.2) is 0 Å². The maximum Gasteiger partial charge on any atom is -0.0100 e. The number of hydrogen-bond donors (Lipinski definition) is 0. The van der Waals surface area contributed by atoms with Crippen LogP contribution in [0.5, 0.6) is 0 Å². The smallest absolute Gasteiger partial charge is 0.0100 e. The summed E-state index contributed by atoms with van der Waals surface area (Å²) in [4.78, 5) is 0. The Morgan fingerprint density at radius 3 is 1.22 bits per heavy atom. The molecule has 0 bridgehead atoms. The lowest BCUT2D eigenvalue weighted by Gasteiger charge is -2.04. The molecule has 2 aromatic rings. The molecule has 0 heteroatoms. The molecule has 0 aromatic heterocycles. The highest BCUT2D eigenvalue weighted by molar-refractivity contribution is 5.64. The van der Waals surface area contributed by atoms with E-state index in [0.29, 0.717) is 0 Å². The van der Waals surface area contributed by atoms with E-state index >= 15 is 0 Å². The molecular formula is C18H18. The van der Waals surface area contributed by atoms with Gasteiger partial charge in [-0.05, 0) is 35.1 Å². The van der Waals surface area contributed by atoms with E-state index in [1.807, 2.05) is 12.2 Å². The molecule has 0 fully saturated rings. The summed E-state index contributed by atoms with van der Waals surface area (Å²) in [5, 5.41) is 0. The molecule has 2 aromatic carbocycles. The molecule has 0 aliphatic heterocycles. The van der Waals surface area contributed by atoms with Crippen LogP contribution in [0.1, 0.15) is 11.1 Å². The molecule has 0 amide bonds. The summed E-state index contributed by atoms with van der Waals surface area (Å²) in [5.74, 6) is 0. The van der Waals surface area contributed by atoms with Gasteiger partial charge in [0.25, 0.3) is 0 Å². The quantitative estimate of drug-likeness (QED) is 0.651. The van der Waals surface area contributed by atoms with Crippen molar-refractivity contribution in [2.45, 2.75) is 12.8 Å². The normalized spacial score (nSPS) is 10.0. The summed E-state index contributed by atoms with van der Waals surface area (Å²) in [6.45, 7) is 7.51. The lowest BCUT2D eigenvalue weighted by Crippen LogP contribution is -1.84. The molecule has 0 radical (unpaired) electrons. The van der Waals surface area contributed by atoms with Crippen molar-refractivity contribution in [2.24, 2.45) is 0 Å². The molecule has 0 saturated carbocycles. The van der Waals surface area contributed by atoms with E-state index in [-0.39, 0.29) is 0 Å². The van der Waals surface area contributed by atoms with Gasteiger partial charge in [-0.15, -0.1) is 13.2 Å². The average Bonchev–Trinajstić information content (AvgIpc) is 2.41. The van der Waals surface area contributed by atoms with Gasteiger partial charge in [-0.1, -0.05) is 60.7 Å². The Morgan fingerprint density at radius 2 is 0.944 bits per heavy atom. The fourth-order valence-corrected chi connectivity index (χ4v) is 2.00. The second-order valence-electron chi connectivity index (χ2n) is 4.38. The maximum atomic E-state index is 3.76. The van der Waals surface area contributed by atoms with Crippen molar-refractivity contribution in [3.8, 4) is 11.1 Å². The molecule has 0 N–H and O–H groups in total. The highest BCUT2D eigenvalue weighted by Crippen LogP contribution is 2.20. The molecule has 0 nitrogen and oxygen atoms in total. The SMILES string of the molecule is C=CCc1ccc(-c2ccc(CC=C)cc2)cc1. The zero-order chi connectivity index (χ0) is 12.8. The lowest BCUT2D eigenvalue weighted by atomic mass is 10.0. The third-order valence-corrected chi connectivity index (χ3v) is 3.00. The first-order chi connectivity index (χ1) is 8.83. The Morgan fingerprint density at radius 1 is 0.611 bits per heavy atom. The Bertz CT molecular complexity index is 463. The molecule has 2 rings (SSSR count). The zero-order valence-corrected chi connectivity index (χ0v) is 10.6. The van der Waals surface area contributed by atoms with Crippen molar-refractivity contribution in [1.82, 2.24) is 0 Å². The van der Waals surface area contributed by atoms with Crippen molar-refractivity contribution in [2.75, 3.05) is 0 Å². The molecule has 0 aliphatic rings. The highest BCUT2D eigenvalue weighted by atomic mass is 14.0. The Balaban J connectivity index is 2.19. The van der Waals surface area contributed by atoms with E-state index in [1.165, 1.54) is 22.3 Å². The monoisotopic (exact) mass is 234 g/mol. The van der Waals surface area contributed by atoms with Crippen molar-refractivity contribution in [3.05, 3.63) is 85.0 Å². The van der Waals surface area contributed by atoms with Crippen LogP contribution in [0.3, 0.4) is 0 Å². The van der Waals surface area contributed by atoms with Crippen molar-refractivity contribution in [1.29, 1.82) is 0 Å². The van der Waals surface area contributed by atoms with E-state index < -0.39 is 0 Å². The van der Waals surface area contributed by atoms with Gasteiger partial charge in [0.2, 0.25) is 0 Å². The largest absolute Gasteiger partial charge is 0.103 e. The van der Waals surface area contributed by atoms with Gasteiger partial charge in [-0.25, -0.2) is 0 Å². The fourth-order valence-electron chi connectivity index (χ4n) is 2.00. The van der Waals surface area contributed by atoms with E-state index in [1.54, 1.807) is 0 Å². The number of rotatable bonds is 5. The van der Waals surface area contributed by atoms with E-state index in [4.69, 9.17) is 0 Å². The van der Waals surface area contributed by atoms with Gasteiger partial charge in [-0.2, -0.15) is 0 Å². The van der Waals surface area contributed by atoms with Crippen LogP contribution in [-0.2, 0) is 12.8 Å². The third-order valence-electron chi connectivity index (χ3n) is 3.00. The number of benzene rings is 2. The number of hydrogen-bond acceptors (Lipinski definition) is 0. The van der Waals surface area contributed by atoms with Crippen LogP contribution in [0, 0.1) is 0 Å². The fraction of sp³-hybridized carbons (Fsp3) is 0.111. The van der Waals surface area contributed by atoms with Gasteiger partial charge in [0.05, 0.1) is 0 Å². The van der Waals surface area contributed by atoms with E-state index in [0.717, 1.165) is 12.8 Å². The third kappa shape index (κ3) is 2.98.